The Hall–Kier alpha value is -3.14. The van der Waals surface area contributed by atoms with Crippen LogP contribution < -0.4 is 0 Å². The highest BCUT2D eigenvalue weighted by Crippen LogP contribution is 2.38. The molecular formula is C27H27ClN4O2. The first-order valence-electron chi connectivity index (χ1n) is 11.7. The number of carbonyl (C=O) groups is 1. The van der Waals surface area contributed by atoms with E-state index < -0.39 is 0 Å². The van der Waals surface area contributed by atoms with Crippen molar-refractivity contribution in [3.8, 4) is 17.3 Å². The Morgan fingerprint density at radius 1 is 1.12 bits per heavy atom. The number of hydrogen-bond acceptors (Lipinski definition) is 4. The summed E-state index contributed by atoms with van der Waals surface area (Å²) in [5.41, 5.74) is 7.03. The van der Waals surface area contributed by atoms with Crippen LogP contribution >= 0.6 is 11.6 Å². The third kappa shape index (κ3) is 4.11. The second kappa shape index (κ2) is 9.25. The lowest BCUT2D eigenvalue weighted by molar-refractivity contribution is 0.0601. The second-order valence-corrected chi connectivity index (χ2v) is 9.69. The number of H-pyrrole nitrogens is 1. The quantitative estimate of drug-likeness (QED) is 0.552. The Balaban J connectivity index is 1.36. The summed E-state index contributed by atoms with van der Waals surface area (Å²) >= 11 is 6.80. The topological polar surface area (TPSA) is 82.0 Å². The number of likely N-dealkylation sites (tertiary alicyclic amines) is 1. The molecule has 174 valence electrons. The van der Waals surface area contributed by atoms with E-state index in [1.165, 1.54) is 0 Å². The number of rotatable bonds is 4. The summed E-state index contributed by atoms with van der Waals surface area (Å²) in [4.78, 5) is 15.2. The predicted molar refractivity (Wildman–Crippen MR) is 131 cm³/mol. The molecule has 3 heterocycles. The van der Waals surface area contributed by atoms with Crippen LogP contribution in [0.1, 0.15) is 63.0 Å². The van der Waals surface area contributed by atoms with Crippen molar-refractivity contribution in [3.05, 3.63) is 74.9 Å². The Kier molecular flexibility index (Phi) is 6.16. The van der Waals surface area contributed by atoms with Gasteiger partial charge < -0.3 is 9.64 Å². The van der Waals surface area contributed by atoms with Crippen molar-refractivity contribution in [1.29, 1.82) is 5.26 Å². The molecule has 2 aromatic carbocycles. The van der Waals surface area contributed by atoms with Gasteiger partial charge in [0, 0.05) is 49.3 Å². The van der Waals surface area contributed by atoms with Gasteiger partial charge in [-0.2, -0.15) is 10.4 Å². The van der Waals surface area contributed by atoms with Gasteiger partial charge in [0.25, 0.3) is 5.91 Å². The molecule has 6 nitrogen and oxygen atoms in total. The number of aryl methyl sites for hydroxylation is 2. The van der Waals surface area contributed by atoms with E-state index in [9.17, 15) is 4.79 Å². The summed E-state index contributed by atoms with van der Waals surface area (Å²) in [5, 5.41) is 17.3. The molecule has 0 atom stereocenters. The van der Waals surface area contributed by atoms with Crippen LogP contribution in [-0.2, 0) is 4.74 Å². The zero-order valence-corrected chi connectivity index (χ0v) is 20.2. The highest BCUT2D eigenvalue weighted by atomic mass is 35.5. The lowest BCUT2D eigenvalue weighted by Gasteiger charge is -2.40. The van der Waals surface area contributed by atoms with Crippen molar-refractivity contribution < 1.29 is 9.53 Å². The van der Waals surface area contributed by atoms with Crippen molar-refractivity contribution in [2.24, 2.45) is 0 Å². The Bertz CT molecular complexity index is 1260. The second-order valence-electron chi connectivity index (χ2n) is 9.31. The van der Waals surface area contributed by atoms with E-state index in [0.29, 0.717) is 46.8 Å². The van der Waals surface area contributed by atoms with Crippen molar-refractivity contribution >= 4 is 17.5 Å². The fraction of sp³-hybridized carbons (Fsp3) is 0.370. The fourth-order valence-electron chi connectivity index (χ4n) is 4.97. The molecule has 2 saturated heterocycles. The van der Waals surface area contributed by atoms with Gasteiger partial charge in [0.1, 0.15) is 5.69 Å². The van der Waals surface area contributed by atoms with E-state index >= 15 is 0 Å². The minimum Gasteiger partial charge on any atom is -0.381 e. The average Bonchev–Trinajstić information content (AvgIpc) is 3.20. The molecule has 1 aromatic heterocycles. The van der Waals surface area contributed by atoms with Crippen LogP contribution in [0, 0.1) is 25.2 Å². The molecule has 34 heavy (non-hydrogen) atoms. The molecule has 3 aromatic rings. The van der Waals surface area contributed by atoms with E-state index in [2.05, 4.69) is 16.3 Å². The minimum absolute atomic E-state index is 0.0277. The number of halogens is 1. The molecule has 7 heteroatoms. The van der Waals surface area contributed by atoms with Gasteiger partial charge >= 0.3 is 0 Å². The van der Waals surface area contributed by atoms with Crippen molar-refractivity contribution in [3.63, 3.8) is 0 Å². The van der Waals surface area contributed by atoms with Crippen molar-refractivity contribution in [1.82, 2.24) is 15.1 Å². The molecule has 2 aliphatic heterocycles. The number of ether oxygens (including phenoxy) is 1. The van der Waals surface area contributed by atoms with Gasteiger partial charge in [0.2, 0.25) is 0 Å². The van der Waals surface area contributed by atoms with Crippen molar-refractivity contribution in [2.75, 3.05) is 26.3 Å². The molecule has 0 bridgehead atoms. The molecule has 0 saturated carbocycles. The summed E-state index contributed by atoms with van der Waals surface area (Å²) < 4.78 is 5.48. The fourth-order valence-corrected chi connectivity index (χ4v) is 5.31. The first-order chi connectivity index (χ1) is 16.5. The van der Waals surface area contributed by atoms with E-state index in [4.69, 9.17) is 21.6 Å². The third-order valence-electron chi connectivity index (χ3n) is 7.10. The lowest BCUT2D eigenvalue weighted by atomic mass is 9.89. The Morgan fingerprint density at radius 3 is 2.50 bits per heavy atom. The maximum Gasteiger partial charge on any atom is 0.254 e. The van der Waals surface area contributed by atoms with Crippen LogP contribution in [0.15, 0.2) is 36.4 Å². The largest absolute Gasteiger partial charge is 0.381 e. The molecule has 2 fully saturated rings. The van der Waals surface area contributed by atoms with Gasteiger partial charge in [-0.25, -0.2) is 0 Å². The number of aromatic amines is 1. The van der Waals surface area contributed by atoms with Gasteiger partial charge in [-0.3, -0.25) is 9.89 Å². The van der Waals surface area contributed by atoms with E-state index in [1.54, 1.807) is 0 Å². The zero-order valence-electron chi connectivity index (χ0n) is 19.4. The summed E-state index contributed by atoms with van der Waals surface area (Å²) in [6, 6.07) is 13.8. The van der Waals surface area contributed by atoms with Gasteiger partial charge in [0.05, 0.1) is 22.3 Å². The summed E-state index contributed by atoms with van der Waals surface area (Å²) in [7, 11) is 0. The molecule has 1 N–H and O–H groups in total. The first kappa shape index (κ1) is 22.6. The van der Waals surface area contributed by atoms with Gasteiger partial charge in [-0.15, -0.1) is 0 Å². The van der Waals surface area contributed by atoms with Crippen LogP contribution in [0.4, 0.5) is 0 Å². The molecule has 0 aliphatic carbocycles. The van der Waals surface area contributed by atoms with Crippen LogP contribution in [0.5, 0.6) is 0 Å². The maximum absolute atomic E-state index is 13.4. The van der Waals surface area contributed by atoms with Gasteiger partial charge in [-0.1, -0.05) is 29.8 Å². The number of benzene rings is 2. The molecule has 0 radical (unpaired) electrons. The van der Waals surface area contributed by atoms with Gasteiger partial charge in [-0.05, 0) is 61.6 Å². The average molecular weight is 475 g/mol. The monoisotopic (exact) mass is 474 g/mol. The minimum atomic E-state index is 0.0277. The molecular weight excluding hydrogens is 448 g/mol. The number of hydrogen-bond donors (Lipinski definition) is 1. The number of nitriles is 1. The van der Waals surface area contributed by atoms with Crippen LogP contribution in [-0.4, -0.2) is 47.3 Å². The SMILES string of the molecule is Cc1cc(C)c(-c2n[nH]c(C3CCOCC3)c2Cl)cc1C(=O)N1CC(c2ccc(C#N)cc2)C1. The van der Waals surface area contributed by atoms with E-state index in [-0.39, 0.29) is 5.91 Å². The normalized spacial score (nSPS) is 16.8. The highest BCUT2D eigenvalue weighted by Gasteiger charge is 2.33. The molecule has 1 amide bonds. The lowest BCUT2D eigenvalue weighted by Crippen LogP contribution is -2.48. The maximum atomic E-state index is 13.4. The molecule has 5 rings (SSSR count). The number of aromatic nitrogens is 2. The third-order valence-corrected chi connectivity index (χ3v) is 7.48. The van der Waals surface area contributed by atoms with Gasteiger partial charge in [0.15, 0.2) is 0 Å². The summed E-state index contributed by atoms with van der Waals surface area (Å²) in [6.07, 6.45) is 1.85. The van der Waals surface area contributed by atoms with Crippen molar-refractivity contribution in [2.45, 2.75) is 38.5 Å². The van der Waals surface area contributed by atoms with Crippen LogP contribution in [0.25, 0.3) is 11.3 Å². The summed E-state index contributed by atoms with van der Waals surface area (Å²) in [5.74, 6) is 0.638. The van der Waals surface area contributed by atoms with Crippen LogP contribution in [0.2, 0.25) is 5.02 Å². The van der Waals surface area contributed by atoms with E-state index in [1.807, 2.05) is 55.1 Å². The standard InChI is InChI=1S/C27H27ClN4O2/c1-16-11-17(2)23(27(33)32-14-21(15-32)19-5-3-18(13-29)4-6-19)12-22(16)26-24(28)25(30-31-26)20-7-9-34-10-8-20/h3-6,11-12,20-21H,7-10,14-15H2,1-2H3,(H,30,31). The molecule has 0 unspecified atom stereocenters. The summed E-state index contributed by atoms with van der Waals surface area (Å²) in [6.45, 7) is 6.81. The number of nitrogens with zero attached hydrogens (tertiary/aromatic N) is 3. The highest BCUT2D eigenvalue weighted by molar-refractivity contribution is 6.33. The number of nitrogens with one attached hydrogen (secondary N) is 1. The smallest absolute Gasteiger partial charge is 0.254 e. The Labute approximate surface area is 204 Å². The van der Waals surface area contributed by atoms with E-state index in [0.717, 1.165) is 54.0 Å². The first-order valence-corrected chi connectivity index (χ1v) is 12.1. The Morgan fingerprint density at radius 2 is 1.82 bits per heavy atom. The molecule has 0 spiro atoms. The predicted octanol–water partition coefficient (Wildman–Crippen LogP) is 5.35. The molecule has 2 aliphatic rings. The number of carbonyl (C=O) groups excluding carboxylic acids is 1. The number of amides is 1. The van der Waals surface area contributed by atoms with Crippen LogP contribution in [0.3, 0.4) is 0 Å². The zero-order chi connectivity index (χ0) is 23.8.